The van der Waals surface area contributed by atoms with Gasteiger partial charge in [-0.1, -0.05) is 27.2 Å². The average molecular weight is 354 g/mol. The summed E-state index contributed by atoms with van der Waals surface area (Å²) in [6.45, 7) is 7.16. The van der Waals surface area contributed by atoms with Crippen LogP contribution >= 0.6 is 15.9 Å². The monoisotopic (exact) mass is 353 g/mol. The first-order valence-electron chi connectivity index (χ1n) is 8.06. The second-order valence-electron chi connectivity index (χ2n) is 6.88. The second-order valence-corrected chi connectivity index (χ2v) is 7.74. The zero-order chi connectivity index (χ0) is 15.5. The van der Waals surface area contributed by atoms with Gasteiger partial charge in [-0.05, 0) is 65.1 Å². The highest BCUT2D eigenvalue weighted by Crippen LogP contribution is 2.41. The van der Waals surface area contributed by atoms with Gasteiger partial charge in [-0.3, -0.25) is 0 Å². The van der Waals surface area contributed by atoms with Crippen LogP contribution < -0.4 is 10.1 Å². The number of hydrogen-bond acceptors (Lipinski definition) is 2. The predicted octanol–water partition coefficient (Wildman–Crippen LogP) is 5.86. The smallest absolute Gasteiger partial charge is 0.121 e. The van der Waals surface area contributed by atoms with E-state index in [1.165, 1.54) is 32.1 Å². The Balaban J connectivity index is 1.95. The Morgan fingerprint density at radius 1 is 1.24 bits per heavy atom. The molecule has 0 bridgehead atoms. The van der Waals surface area contributed by atoms with Crippen molar-refractivity contribution >= 4 is 21.6 Å². The predicted molar refractivity (Wildman–Crippen MR) is 94.1 cm³/mol. The van der Waals surface area contributed by atoms with Gasteiger partial charge in [-0.2, -0.15) is 0 Å². The summed E-state index contributed by atoms with van der Waals surface area (Å²) < 4.78 is 6.42. The zero-order valence-electron chi connectivity index (χ0n) is 13.7. The summed E-state index contributed by atoms with van der Waals surface area (Å²) in [5, 5.41) is 3.69. The van der Waals surface area contributed by atoms with Gasteiger partial charge >= 0.3 is 0 Å². The second kappa shape index (κ2) is 7.04. The molecule has 2 nitrogen and oxygen atoms in total. The van der Waals surface area contributed by atoms with E-state index in [9.17, 15) is 0 Å². The topological polar surface area (TPSA) is 21.3 Å². The largest absolute Gasteiger partial charge is 0.497 e. The summed E-state index contributed by atoms with van der Waals surface area (Å²) >= 11 is 3.62. The molecule has 1 aromatic rings. The molecule has 118 valence electrons. The first-order chi connectivity index (χ1) is 9.96. The number of anilines is 1. The molecule has 1 aliphatic carbocycles. The highest BCUT2D eigenvalue weighted by Gasteiger charge is 2.31. The number of benzene rings is 1. The van der Waals surface area contributed by atoms with Crippen LogP contribution in [0.3, 0.4) is 0 Å². The minimum absolute atomic E-state index is 0.488. The summed E-state index contributed by atoms with van der Waals surface area (Å²) in [5.74, 6) is 1.77. The third-order valence-electron chi connectivity index (χ3n) is 5.28. The van der Waals surface area contributed by atoms with Gasteiger partial charge in [-0.15, -0.1) is 0 Å². The van der Waals surface area contributed by atoms with Gasteiger partial charge in [0.05, 0.1) is 12.8 Å². The molecule has 0 radical (unpaired) electrons. The van der Waals surface area contributed by atoms with Crippen LogP contribution in [0.15, 0.2) is 22.7 Å². The Labute approximate surface area is 137 Å². The quantitative estimate of drug-likeness (QED) is 0.715. The molecule has 3 heteroatoms. The maximum absolute atomic E-state index is 5.31. The lowest BCUT2D eigenvalue weighted by Gasteiger charge is -2.39. The summed E-state index contributed by atoms with van der Waals surface area (Å²) in [7, 11) is 1.71. The van der Waals surface area contributed by atoms with E-state index in [2.05, 4.69) is 48.1 Å². The van der Waals surface area contributed by atoms with Crippen molar-refractivity contribution in [1.29, 1.82) is 0 Å². The fraction of sp³-hybridized carbons (Fsp3) is 0.667. The molecule has 1 aromatic carbocycles. The molecular weight excluding hydrogens is 326 g/mol. The minimum atomic E-state index is 0.488. The lowest BCUT2D eigenvalue weighted by molar-refractivity contribution is 0.147. The van der Waals surface area contributed by atoms with Crippen LogP contribution in [0.4, 0.5) is 5.69 Å². The Morgan fingerprint density at radius 3 is 2.48 bits per heavy atom. The maximum Gasteiger partial charge on any atom is 0.121 e. The highest BCUT2D eigenvalue weighted by molar-refractivity contribution is 9.10. The van der Waals surface area contributed by atoms with Gasteiger partial charge in [-0.25, -0.2) is 0 Å². The van der Waals surface area contributed by atoms with Crippen LogP contribution in [0.1, 0.15) is 52.9 Å². The summed E-state index contributed by atoms with van der Waals surface area (Å²) in [6.07, 6.45) is 6.47. The molecule has 0 amide bonds. The molecule has 0 atom stereocenters. The van der Waals surface area contributed by atoms with Crippen LogP contribution in [0.5, 0.6) is 5.75 Å². The molecule has 0 unspecified atom stereocenters. The molecule has 0 spiro atoms. The lowest BCUT2D eigenvalue weighted by Crippen LogP contribution is -2.32. The molecular formula is C18H28BrNO. The fourth-order valence-electron chi connectivity index (χ4n) is 3.27. The van der Waals surface area contributed by atoms with Gasteiger partial charge in [0, 0.05) is 16.6 Å². The zero-order valence-corrected chi connectivity index (χ0v) is 15.3. The normalized spacial score (nSPS) is 22.9. The third-order valence-corrected chi connectivity index (χ3v) is 5.97. The SMILES string of the molecule is CCC(C)(C)C1CCC(Nc2cc(OC)ccc2Br)CC1. The van der Waals surface area contributed by atoms with E-state index < -0.39 is 0 Å². The Kier molecular flexibility index (Phi) is 5.59. The first-order valence-corrected chi connectivity index (χ1v) is 8.85. The Bertz CT molecular complexity index is 464. The van der Waals surface area contributed by atoms with Gasteiger partial charge in [0.25, 0.3) is 0 Å². The van der Waals surface area contributed by atoms with E-state index in [0.29, 0.717) is 11.5 Å². The van der Waals surface area contributed by atoms with Crippen LogP contribution in [0.2, 0.25) is 0 Å². The molecule has 0 aromatic heterocycles. The van der Waals surface area contributed by atoms with Crippen molar-refractivity contribution in [2.75, 3.05) is 12.4 Å². The average Bonchev–Trinajstić information content (AvgIpc) is 2.50. The highest BCUT2D eigenvalue weighted by atomic mass is 79.9. The summed E-state index contributed by atoms with van der Waals surface area (Å²) in [5.41, 5.74) is 1.63. The minimum Gasteiger partial charge on any atom is -0.497 e. The molecule has 0 heterocycles. The number of rotatable bonds is 5. The van der Waals surface area contributed by atoms with Gasteiger partial charge in [0.2, 0.25) is 0 Å². The number of halogens is 1. The number of methoxy groups -OCH3 is 1. The number of nitrogens with one attached hydrogen (secondary N) is 1. The van der Waals surface area contributed by atoms with E-state index in [4.69, 9.17) is 4.74 Å². The molecule has 1 N–H and O–H groups in total. The maximum atomic E-state index is 5.31. The molecule has 21 heavy (non-hydrogen) atoms. The lowest BCUT2D eigenvalue weighted by atomic mass is 9.69. The van der Waals surface area contributed by atoms with Crippen LogP contribution in [-0.2, 0) is 0 Å². The Morgan fingerprint density at radius 2 is 1.90 bits per heavy atom. The van der Waals surface area contributed by atoms with Crippen molar-refractivity contribution < 1.29 is 4.74 Å². The van der Waals surface area contributed by atoms with Crippen LogP contribution in [-0.4, -0.2) is 13.2 Å². The van der Waals surface area contributed by atoms with E-state index in [0.717, 1.165) is 21.8 Å². The molecule has 1 fully saturated rings. The van der Waals surface area contributed by atoms with Gasteiger partial charge < -0.3 is 10.1 Å². The number of ether oxygens (including phenoxy) is 1. The molecule has 0 aliphatic heterocycles. The van der Waals surface area contributed by atoms with Crippen molar-refractivity contribution in [2.45, 2.75) is 58.9 Å². The standard InChI is InChI=1S/C18H28BrNO/c1-5-18(2,3)13-6-8-14(9-7-13)20-17-12-15(21-4)10-11-16(17)19/h10-14,20H,5-9H2,1-4H3. The summed E-state index contributed by atoms with van der Waals surface area (Å²) in [4.78, 5) is 0. The molecule has 2 rings (SSSR count). The first kappa shape index (κ1) is 16.7. The van der Waals surface area contributed by atoms with E-state index >= 15 is 0 Å². The van der Waals surface area contributed by atoms with E-state index in [-0.39, 0.29) is 0 Å². The van der Waals surface area contributed by atoms with Crippen molar-refractivity contribution in [2.24, 2.45) is 11.3 Å². The van der Waals surface area contributed by atoms with Crippen molar-refractivity contribution in [3.63, 3.8) is 0 Å². The third kappa shape index (κ3) is 4.15. The van der Waals surface area contributed by atoms with Crippen LogP contribution in [0, 0.1) is 11.3 Å². The number of hydrogen-bond donors (Lipinski definition) is 1. The summed E-state index contributed by atoms with van der Waals surface area (Å²) in [6, 6.07) is 6.69. The molecule has 0 saturated heterocycles. The van der Waals surface area contributed by atoms with E-state index in [1.54, 1.807) is 7.11 Å². The van der Waals surface area contributed by atoms with Gasteiger partial charge in [0.1, 0.15) is 5.75 Å². The molecule has 1 saturated carbocycles. The molecule has 1 aliphatic rings. The van der Waals surface area contributed by atoms with Crippen molar-refractivity contribution in [3.8, 4) is 5.75 Å². The van der Waals surface area contributed by atoms with Crippen LogP contribution in [0.25, 0.3) is 0 Å². The Hall–Kier alpha value is -0.700. The van der Waals surface area contributed by atoms with Crippen molar-refractivity contribution in [1.82, 2.24) is 0 Å². The van der Waals surface area contributed by atoms with Gasteiger partial charge in [0.15, 0.2) is 0 Å². The fourth-order valence-corrected chi connectivity index (χ4v) is 3.63. The van der Waals surface area contributed by atoms with E-state index in [1.807, 2.05) is 12.1 Å². The van der Waals surface area contributed by atoms with Crippen molar-refractivity contribution in [3.05, 3.63) is 22.7 Å².